The molecule has 4 rings (SSSR count). The molecule has 182 valence electrons. The number of nitro groups is 1. The van der Waals surface area contributed by atoms with Gasteiger partial charge in [0.2, 0.25) is 0 Å². The summed E-state index contributed by atoms with van der Waals surface area (Å²) in [7, 11) is 0. The van der Waals surface area contributed by atoms with Crippen molar-refractivity contribution >= 4 is 57.9 Å². The van der Waals surface area contributed by atoms with Crippen LogP contribution in [0.15, 0.2) is 77.7 Å². The molecule has 1 heterocycles. The summed E-state index contributed by atoms with van der Waals surface area (Å²) in [6, 6.07) is 19.1. The van der Waals surface area contributed by atoms with E-state index in [1.54, 1.807) is 54.6 Å². The molecule has 11 heteroatoms. The number of non-ortho nitro benzene ring substituents is 1. The first-order chi connectivity index (χ1) is 17.3. The number of rotatable bonds is 8. The van der Waals surface area contributed by atoms with E-state index in [0.29, 0.717) is 27.6 Å². The van der Waals surface area contributed by atoms with Gasteiger partial charge in [0.15, 0.2) is 6.61 Å². The van der Waals surface area contributed by atoms with Gasteiger partial charge in [-0.3, -0.25) is 29.4 Å². The molecule has 9 nitrogen and oxygen atoms in total. The standard InChI is InChI=1S/C25H18ClN3O6S/c26-18-5-7-19(8-6-18)27-23(30)15-35-21-11-3-16(4-12-21)13-22-24(31)28(25(32)36-22)14-17-1-9-20(10-2-17)29(33)34/h1-13H,14-15H2,(H,27,30)/b22-13-. The molecule has 1 fully saturated rings. The summed E-state index contributed by atoms with van der Waals surface area (Å²) in [5.74, 6) is -0.310. The lowest BCUT2D eigenvalue weighted by atomic mass is 10.2. The normalized spacial score (nSPS) is 14.2. The predicted octanol–water partition coefficient (Wildman–Crippen LogP) is 5.50. The number of amides is 3. The van der Waals surface area contributed by atoms with E-state index in [2.05, 4.69) is 5.32 Å². The molecule has 3 amide bonds. The van der Waals surface area contributed by atoms with Crippen molar-refractivity contribution in [2.24, 2.45) is 0 Å². The molecule has 0 radical (unpaired) electrons. The second-order valence-corrected chi connectivity index (χ2v) is 9.03. The number of benzene rings is 3. The summed E-state index contributed by atoms with van der Waals surface area (Å²) in [5, 5.41) is 13.6. The number of carbonyl (C=O) groups is 3. The first-order valence-corrected chi connectivity index (χ1v) is 11.7. The number of nitrogens with zero attached hydrogens (tertiary/aromatic N) is 2. The van der Waals surface area contributed by atoms with Crippen LogP contribution in [-0.4, -0.2) is 33.5 Å². The van der Waals surface area contributed by atoms with Crippen molar-refractivity contribution < 1.29 is 24.0 Å². The summed E-state index contributed by atoms with van der Waals surface area (Å²) >= 11 is 6.65. The maximum Gasteiger partial charge on any atom is 0.293 e. The Kier molecular flexibility index (Phi) is 7.67. The number of hydrogen-bond acceptors (Lipinski definition) is 7. The number of halogens is 1. The highest BCUT2D eigenvalue weighted by Gasteiger charge is 2.35. The van der Waals surface area contributed by atoms with E-state index < -0.39 is 16.1 Å². The van der Waals surface area contributed by atoms with Crippen molar-refractivity contribution in [1.82, 2.24) is 4.90 Å². The summed E-state index contributed by atoms with van der Waals surface area (Å²) in [4.78, 5) is 48.8. The maximum atomic E-state index is 12.7. The molecule has 0 aromatic heterocycles. The Morgan fingerprint density at radius 1 is 1.03 bits per heavy atom. The van der Waals surface area contributed by atoms with Gasteiger partial charge in [-0.15, -0.1) is 0 Å². The van der Waals surface area contributed by atoms with Gasteiger partial charge in [0.1, 0.15) is 5.75 Å². The van der Waals surface area contributed by atoms with Gasteiger partial charge in [-0.05, 0) is 65.4 Å². The molecule has 0 spiro atoms. The minimum absolute atomic E-state index is 0.0187. The molecule has 36 heavy (non-hydrogen) atoms. The fraction of sp³-hybridized carbons (Fsp3) is 0.0800. The van der Waals surface area contributed by atoms with E-state index in [1.165, 1.54) is 24.3 Å². The Labute approximate surface area is 214 Å². The Bertz CT molecular complexity index is 1340. The molecular weight excluding hydrogens is 506 g/mol. The van der Waals surface area contributed by atoms with Gasteiger partial charge >= 0.3 is 0 Å². The van der Waals surface area contributed by atoms with Crippen LogP contribution in [0.2, 0.25) is 5.02 Å². The van der Waals surface area contributed by atoms with Crippen LogP contribution in [0.3, 0.4) is 0 Å². The zero-order valence-electron chi connectivity index (χ0n) is 18.5. The van der Waals surface area contributed by atoms with Crippen LogP contribution in [0.25, 0.3) is 6.08 Å². The third kappa shape index (κ3) is 6.29. The van der Waals surface area contributed by atoms with Gasteiger partial charge in [-0.1, -0.05) is 35.9 Å². The van der Waals surface area contributed by atoms with Crippen molar-refractivity contribution in [1.29, 1.82) is 0 Å². The molecule has 0 atom stereocenters. The lowest BCUT2D eigenvalue weighted by molar-refractivity contribution is -0.384. The first kappa shape index (κ1) is 25.0. The van der Waals surface area contributed by atoms with Gasteiger partial charge < -0.3 is 10.1 Å². The SMILES string of the molecule is O=C(COc1ccc(/C=C2\SC(=O)N(Cc3ccc([N+](=O)[O-])cc3)C2=O)cc1)Nc1ccc(Cl)cc1. The van der Waals surface area contributed by atoms with E-state index in [0.717, 1.165) is 16.7 Å². The molecule has 0 saturated carbocycles. The third-order valence-corrected chi connectivity index (χ3v) is 6.20. The topological polar surface area (TPSA) is 119 Å². The maximum absolute atomic E-state index is 12.7. The van der Waals surface area contributed by atoms with E-state index in [4.69, 9.17) is 16.3 Å². The molecule has 1 N–H and O–H groups in total. The molecular formula is C25H18ClN3O6S. The number of hydrogen-bond donors (Lipinski definition) is 1. The second kappa shape index (κ2) is 11.1. The van der Waals surface area contributed by atoms with Gasteiger partial charge in [0.05, 0.1) is 16.4 Å². The van der Waals surface area contributed by atoms with Crippen molar-refractivity contribution in [2.45, 2.75) is 6.54 Å². The second-order valence-electron chi connectivity index (χ2n) is 7.60. The fourth-order valence-electron chi connectivity index (χ4n) is 3.23. The molecule has 3 aromatic carbocycles. The zero-order chi connectivity index (χ0) is 25.7. The minimum Gasteiger partial charge on any atom is -0.484 e. The van der Waals surface area contributed by atoms with Crippen LogP contribution in [0.5, 0.6) is 5.75 Å². The number of ether oxygens (including phenoxy) is 1. The summed E-state index contributed by atoms with van der Waals surface area (Å²) in [5.41, 5.74) is 1.81. The molecule has 3 aromatic rings. The third-order valence-electron chi connectivity index (χ3n) is 5.04. The lowest BCUT2D eigenvalue weighted by Gasteiger charge is -2.12. The van der Waals surface area contributed by atoms with Gasteiger partial charge in [0, 0.05) is 22.8 Å². The monoisotopic (exact) mass is 523 g/mol. The van der Waals surface area contributed by atoms with Gasteiger partial charge in [0.25, 0.3) is 22.7 Å². The number of nitrogens with one attached hydrogen (secondary N) is 1. The minimum atomic E-state index is -0.515. The molecule has 0 bridgehead atoms. The fourth-order valence-corrected chi connectivity index (χ4v) is 4.20. The van der Waals surface area contributed by atoms with E-state index in [9.17, 15) is 24.5 Å². The van der Waals surface area contributed by atoms with Crippen LogP contribution >= 0.6 is 23.4 Å². The van der Waals surface area contributed by atoms with Crippen molar-refractivity contribution in [3.8, 4) is 5.75 Å². The Morgan fingerprint density at radius 2 is 1.69 bits per heavy atom. The zero-order valence-corrected chi connectivity index (χ0v) is 20.1. The Hall–Kier alpha value is -4.15. The van der Waals surface area contributed by atoms with Crippen molar-refractivity contribution in [2.75, 3.05) is 11.9 Å². The molecule has 1 aliphatic rings. The summed E-state index contributed by atoms with van der Waals surface area (Å²) in [6.45, 7) is -0.172. The number of anilines is 1. The van der Waals surface area contributed by atoms with Crippen molar-refractivity contribution in [3.05, 3.63) is 104 Å². The smallest absolute Gasteiger partial charge is 0.293 e. The van der Waals surface area contributed by atoms with Gasteiger partial charge in [-0.25, -0.2) is 0 Å². The number of thioether (sulfide) groups is 1. The van der Waals surface area contributed by atoms with Crippen LogP contribution in [-0.2, 0) is 16.1 Å². The van der Waals surface area contributed by atoms with Crippen LogP contribution in [0.4, 0.5) is 16.2 Å². The number of imide groups is 1. The van der Waals surface area contributed by atoms with Crippen LogP contribution in [0, 0.1) is 10.1 Å². The first-order valence-electron chi connectivity index (χ1n) is 10.6. The lowest BCUT2D eigenvalue weighted by Crippen LogP contribution is -2.27. The predicted molar refractivity (Wildman–Crippen MR) is 137 cm³/mol. The van der Waals surface area contributed by atoms with Crippen LogP contribution < -0.4 is 10.1 Å². The summed E-state index contributed by atoms with van der Waals surface area (Å²) in [6.07, 6.45) is 1.59. The van der Waals surface area contributed by atoms with Gasteiger partial charge in [-0.2, -0.15) is 0 Å². The largest absolute Gasteiger partial charge is 0.484 e. The number of carbonyl (C=O) groups excluding carboxylic acids is 3. The highest BCUT2D eigenvalue weighted by molar-refractivity contribution is 8.18. The average Bonchev–Trinajstić information content (AvgIpc) is 3.12. The molecule has 1 aliphatic heterocycles. The molecule has 1 saturated heterocycles. The summed E-state index contributed by atoms with van der Waals surface area (Å²) < 4.78 is 5.50. The highest BCUT2D eigenvalue weighted by Crippen LogP contribution is 2.33. The molecule has 0 aliphatic carbocycles. The quantitative estimate of drug-likeness (QED) is 0.235. The van der Waals surface area contributed by atoms with E-state index in [-0.39, 0.29) is 29.7 Å². The van der Waals surface area contributed by atoms with Crippen LogP contribution in [0.1, 0.15) is 11.1 Å². The van der Waals surface area contributed by atoms with E-state index >= 15 is 0 Å². The van der Waals surface area contributed by atoms with E-state index in [1.807, 2.05) is 0 Å². The molecule has 0 unspecified atom stereocenters. The van der Waals surface area contributed by atoms with Crippen molar-refractivity contribution in [3.63, 3.8) is 0 Å². The highest BCUT2D eigenvalue weighted by atomic mass is 35.5. The Balaban J connectivity index is 1.33. The average molecular weight is 524 g/mol. The Morgan fingerprint density at radius 3 is 2.33 bits per heavy atom. The number of nitro benzene ring substituents is 1.